The van der Waals surface area contributed by atoms with Crippen molar-refractivity contribution in [2.45, 2.75) is 32.2 Å². The molecule has 1 saturated heterocycles. The Hall–Kier alpha value is -2.82. The number of nitrogens with zero attached hydrogens (tertiary/aromatic N) is 2. The van der Waals surface area contributed by atoms with E-state index in [1.165, 1.54) is 0 Å². The molecule has 5 heteroatoms. The minimum atomic E-state index is -0.571. The average molecular weight is 380 g/mol. The van der Waals surface area contributed by atoms with Crippen molar-refractivity contribution in [3.05, 3.63) is 65.7 Å². The zero-order valence-electron chi connectivity index (χ0n) is 16.6. The van der Waals surface area contributed by atoms with E-state index in [0.717, 1.165) is 29.7 Å². The molecule has 3 rings (SSSR count). The van der Waals surface area contributed by atoms with Gasteiger partial charge in [0.25, 0.3) is 0 Å². The minimum Gasteiger partial charge on any atom is -0.492 e. The number of aryl methyl sites for hydroxylation is 1. The lowest BCUT2D eigenvalue weighted by Gasteiger charge is -2.36. The molecule has 1 atom stereocenters. The number of likely N-dealkylation sites (N-methyl/N-ethyl adjacent to an activating group) is 1. The van der Waals surface area contributed by atoms with Crippen molar-refractivity contribution >= 4 is 11.8 Å². The van der Waals surface area contributed by atoms with Crippen molar-refractivity contribution in [3.8, 4) is 5.75 Å². The summed E-state index contributed by atoms with van der Waals surface area (Å²) in [6.07, 6.45) is 2.34. The van der Waals surface area contributed by atoms with Gasteiger partial charge in [-0.2, -0.15) is 0 Å². The minimum absolute atomic E-state index is 0.0536. The molecule has 1 aliphatic rings. The molecule has 1 unspecified atom stereocenters. The summed E-state index contributed by atoms with van der Waals surface area (Å²) in [6, 6.07) is 16.9. The summed E-state index contributed by atoms with van der Waals surface area (Å²) in [6.45, 7) is 3.50. The van der Waals surface area contributed by atoms with E-state index < -0.39 is 6.04 Å². The van der Waals surface area contributed by atoms with Gasteiger partial charge < -0.3 is 14.5 Å². The van der Waals surface area contributed by atoms with Crippen molar-refractivity contribution in [2.24, 2.45) is 0 Å². The Morgan fingerprint density at radius 3 is 2.64 bits per heavy atom. The number of carbonyl (C=O) groups is 2. The number of carbonyl (C=O) groups excluding carboxylic acids is 2. The van der Waals surface area contributed by atoms with Crippen LogP contribution in [0.1, 0.15) is 36.4 Å². The normalized spacial score (nSPS) is 15.2. The Bertz CT molecular complexity index is 807. The van der Waals surface area contributed by atoms with Gasteiger partial charge in [-0.05, 0) is 43.0 Å². The van der Waals surface area contributed by atoms with Crippen LogP contribution in [-0.4, -0.2) is 48.4 Å². The Labute approximate surface area is 166 Å². The molecule has 0 spiro atoms. The predicted molar refractivity (Wildman–Crippen MR) is 109 cm³/mol. The van der Waals surface area contributed by atoms with Gasteiger partial charge in [-0.15, -0.1) is 0 Å². The Morgan fingerprint density at radius 1 is 1.14 bits per heavy atom. The third-order valence-electron chi connectivity index (χ3n) is 5.08. The maximum absolute atomic E-state index is 13.3. The van der Waals surface area contributed by atoms with E-state index in [2.05, 4.69) is 0 Å². The van der Waals surface area contributed by atoms with Crippen molar-refractivity contribution in [3.63, 3.8) is 0 Å². The summed E-state index contributed by atoms with van der Waals surface area (Å²) >= 11 is 0. The van der Waals surface area contributed by atoms with E-state index in [-0.39, 0.29) is 11.8 Å². The lowest BCUT2D eigenvalue weighted by atomic mass is 10.00. The number of amides is 2. The van der Waals surface area contributed by atoms with E-state index in [0.29, 0.717) is 26.1 Å². The molecule has 2 aromatic rings. The smallest absolute Gasteiger partial charge is 0.249 e. The molecule has 0 N–H and O–H groups in total. The summed E-state index contributed by atoms with van der Waals surface area (Å²) in [4.78, 5) is 29.2. The standard InChI is InChI=1S/C23H28N2O3/c1-18-9-8-12-20(17-18)28-16-15-24(2)23(27)22(19-10-4-3-5-11-19)25-14-7-6-13-21(25)26/h3-5,8-12,17,22H,6-7,13-16H2,1-2H3. The highest BCUT2D eigenvalue weighted by atomic mass is 16.5. The molecule has 148 valence electrons. The van der Waals surface area contributed by atoms with Gasteiger partial charge in [-0.1, -0.05) is 42.5 Å². The van der Waals surface area contributed by atoms with E-state index in [1.54, 1.807) is 16.8 Å². The van der Waals surface area contributed by atoms with Gasteiger partial charge in [0.15, 0.2) is 0 Å². The van der Waals surface area contributed by atoms with Crippen LogP contribution < -0.4 is 4.74 Å². The Balaban J connectivity index is 1.68. The van der Waals surface area contributed by atoms with Crippen LogP contribution in [0.5, 0.6) is 5.75 Å². The van der Waals surface area contributed by atoms with Crippen LogP contribution in [0.15, 0.2) is 54.6 Å². The van der Waals surface area contributed by atoms with Gasteiger partial charge >= 0.3 is 0 Å². The number of piperidine rings is 1. The fourth-order valence-electron chi connectivity index (χ4n) is 3.52. The van der Waals surface area contributed by atoms with Crippen molar-refractivity contribution < 1.29 is 14.3 Å². The number of likely N-dealkylation sites (tertiary alicyclic amines) is 1. The highest BCUT2D eigenvalue weighted by molar-refractivity contribution is 5.89. The molecule has 0 radical (unpaired) electrons. The summed E-state index contributed by atoms with van der Waals surface area (Å²) in [5, 5.41) is 0. The lowest BCUT2D eigenvalue weighted by molar-refractivity contribution is -0.147. The average Bonchev–Trinajstić information content (AvgIpc) is 2.70. The fraction of sp³-hybridized carbons (Fsp3) is 0.391. The molecule has 28 heavy (non-hydrogen) atoms. The van der Waals surface area contributed by atoms with Gasteiger partial charge in [0.05, 0.1) is 6.54 Å². The Morgan fingerprint density at radius 2 is 1.93 bits per heavy atom. The van der Waals surface area contributed by atoms with Crippen molar-refractivity contribution in [1.82, 2.24) is 9.80 Å². The van der Waals surface area contributed by atoms with E-state index in [1.807, 2.05) is 61.5 Å². The molecule has 2 amide bonds. The van der Waals surface area contributed by atoms with Gasteiger partial charge in [-0.3, -0.25) is 9.59 Å². The quantitative estimate of drug-likeness (QED) is 0.738. The van der Waals surface area contributed by atoms with E-state index in [9.17, 15) is 9.59 Å². The number of ether oxygens (including phenoxy) is 1. The zero-order valence-corrected chi connectivity index (χ0v) is 16.6. The fourth-order valence-corrected chi connectivity index (χ4v) is 3.52. The SMILES string of the molecule is Cc1cccc(OCCN(C)C(=O)C(c2ccccc2)N2CCCCC2=O)c1. The molecule has 0 aliphatic carbocycles. The second-order valence-electron chi connectivity index (χ2n) is 7.28. The first kappa shape index (κ1) is 19.9. The summed E-state index contributed by atoms with van der Waals surface area (Å²) in [5.74, 6) is 0.777. The van der Waals surface area contributed by atoms with Crippen molar-refractivity contribution in [1.29, 1.82) is 0 Å². The topological polar surface area (TPSA) is 49.9 Å². The first-order chi connectivity index (χ1) is 13.6. The second-order valence-corrected chi connectivity index (χ2v) is 7.28. The molecular formula is C23H28N2O3. The molecule has 5 nitrogen and oxygen atoms in total. The third kappa shape index (κ3) is 4.91. The van der Waals surface area contributed by atoms with E-state index >= 15 is 0 Å². The molecule has 1 fully saturated rings. The van der Waals surface area contributed by atoms with Crippen LogP contribution >= 0.6 is 0 Å². The summed E-state index contributed by atoms with van der Waals surface area (Å²) in [5.41, 5.74) is 1.99. The lowest BCUT2D eigenvalue weighted by Crippen LogP contribution is -2.46. The molecule has 0 bridgehead atoms. The van der Waals surface area contributed by atoms with Gasteiger partial charge in [-0.25, -0.2) is 0 Å². The van der Waals surface area contributed by atoms with Crippen LogP contribution in [0.25, 0.3) is 0 Å². The van der Waals surface area contributed by atoms with Crippen LogP contribution in [0.4, 0.5) is 0 Å². The third-order valence-corrected chi connectivity index (χ3v) is 5.08. The maximum atomic E-state index is 13.3. The number of hydrogen-bond donors (Lipinski definition) is 0. The monoisotopic (exact) mass is 380 g/mol. The van der Waals surface area contributed by atoms with Crippen LogP contribution in [0.2, 0.25) is 0 Å². The van der Waals surface area contributed by atoms with Crippen LogP contribution in [0.3, 0.4) is 0 Å². The molecule has 1 heterocycles. The summed E-state index contributed by atoms with van der Waals surface area (Å²) < 4.78 is 5.79. The first-order valence-electron chi connectivity index (χ1n) is 9.85. The maximum Gasteiger partial charge on any atom is 0.249 e. The number of rotatable bonds is 7. The Kier molecular flexibility index (Phi) is 6.69. The van der Waals surface area contributed by atoms with Gasteiger partial charge in [0, 0.05) is 20.0 Å². The van der Waals surface area contributed by atoms with Gasteiger partial charge in [0.1, 0.15) is 18.4 Å². The molecular weight excluding hydrogens is 352 g/mol. The molecule has 0 saturated carbocycles. The zero-order chi connectivity index (χ0) is 19.9. The largest absolute Gasteiger partial charge is 0.492 e. The van der Waals surface area contributed by atoms with E-state index in [4.69, 9.17) is 4.74 Å². The molecule has 0 aromatic heterocycles. The second kappa shape index (κ2) is 9.40. The van der Waals surface area contributed by atoms with Gasteiger partial charge in [0.2, 0.25) is 11.8 Å². The van der Waals surface area contributed by atoms with Crippen molar-refractivity contribution in [2.75, 3.05) is 26.7 Å². The number of hydrogen-bond acceptors (Lipinski definition) is 3. The van der Waals surface area contributed by atoms with Crippen LogP contribution in [0, 0.1) is 6.92 Å². The first-order valence-corrected chi connectivity index (χ1v) is 9.85. The predicted octanol–water partition coefficient (Wildman–Crippen LogP) is 3.59. The highest BCUT2D eigenvalue weighted by Gasteiger charge is 2.34. The molecule has 2 aromatic carbocycles. The number of benzene rings is 2. The highest BCUT2D eigenvalue weighted by Crippen LogP contribution is 2.27. The summed E-state index contributed by atoms with van der Waals surface area (Å²) in [7, 11) is 1.77. The molecule has 1 aliphatic heterocycles. The van der Waals surface area contributed by atoms with Crippen LogP contribution in [-0.2, 0) is 9.59 Å².